The molecular formula is C22H38O2. The van der Waals surface area contributed by atoms with Crippen molar-refractivity contribution in [2.24, 2.45) is 0 Å². The van der Waals surface area contributed by atoms with Gasteiger partial charge in [-0.15, -0.1) is 0 Å². The van der Waals surface area contributed by atoms with Crippen LogP contribution in [0.15, 0.2) is 36.5 Å². The molecule has 0 amide bonds. The predicted molar refractivity (Wildman–Crippen MR) is 105 cm³/mol. The van der Waals surface area contributed by atoms with Crippen LogP contribution in [0.2, 0.25) is 0 Å². The summed E-state index contributed by atoms with van der Waals surface area (Å²) in [7, 11) is 0. The predicted octanol–water partition coefficient (Wildman–Crippen LogP) is 7.22. The van der Waals surface area contributed by atoms with Crippen molar-refractivity contribution in [1.82, 2.24) is 0 Å². The van der Waals surface area contributed by atoms with Gasteiger partial charge < -0.3 is 5.11 Å². The summed E-state index contributed by atoms with van der Waals surface area (Å²) in [5, 5.41) is 8.51. The summed E-state index contributed by atoms with van der Waals surface area (Å²) >= 11 is 0. The molecule has 1 N–H and O–H groups in total. The van der Waals surface area contributed by atoms with Crippen molar-refractivity contribution in [3.05, 3.63) is 36.5 Å². The van der Waals surface area contributed by atoms with Crippen LogP contribution in [0.5, 0.6) is 0 Å². The SMILES string of the molecule is CCCCCC/C=C/CCCCCC/C=C/C/C=C/CCC(=O)O. The zero-order chi connectivity index (χ0) is 17.7. The number of unbranched alkanes of at least 4 members (excludes halogenated alkanes) is 9. The highest BCUT2D eigenvalue weighted by Crippen LogP contribution is 2.08. The van der Waals surface area contributed by atoms with Crippen LogP contribution in [0.1, 0.15) is 96.8 Å². The summed E-state index contributed by atoms with van der Waals surface area (Å²) < 4.78 is 0. The normalized spacial score (nSPS) is 12.0. The first-order chi connectivity index (χ1) is 11.8. The first kappa shape index (κ1) is 22.7. The number of carboxylic acid groups (broad SMARTS) is 1. The van der Waals surface area contributed by atoms with Crippen molar-refractivity contribution in [2.45, 2.75) is 96.8 Å². The van der Waals surface area contributed by atoms with E-state index in [4.69, 9.17) is 5.11 Å². The molecule has 0 radical (unpaired) electrons. The molecule has 0 aliphatic rings. The minimum absolute atomic E-state index is 0.230. The van der Waals surface area contributed by atoms with Crippen LogP contribution in [0.25, 0.3) is 0 Å². The second kappa shape index (κ2) is 19.7. The fraction of sp³-hybridized carbons (Fsp3) is 0.682. The molecule has 0 heterocycles. The van der Waals surface area contributed by atoms with E-state index in [-0.39, 0.29) is 6.42 Å². The van der Waals surface area contributed by atoms with Gasteiger partial charge in [-0.2, -0.15) is 0 Å². The molecule has 0 aromatic heterocycles. The van der Waals surface area contributed by atoms with Crippen molar-refractivity contribution in [1.29, 1.82) is 0 Å². The molecule has 0 saturated carbocycles. The lowest BCUT2D eigenvalue weighted by Crippen LogP contribution is -1.91. The summed E-state index contributed by atoms with van der Waals surface area (Å²) in [6, 6.07) is 0. The maximum absolute atomic E-state index is 10.3. The summed E-state index contributed by atoms with van der Waals surface area (Å²) in [6.07, 6.45) is 29.3. The van der Waals surface area contributed by atoms with Crippen LogP contribution >= 0.6 is 0 Å². The van der Waals surface area contributed by atoms with Gasteiger partial charge in [-0.1, -0.05) is 75.5 Å². The van der Waals surface area contributed by atoms with Crippen LogP contribution in [0.3, 0.4) is 0 Å². The van der Waals surface area contributed by atoms with Crippen LogP contribution in [-0.4, -0.2) is 11.1 Å². The number of allylic oxidation sites excluding steroid dienone is 6. The maximum atomic E-state index is 10.3. The lowest BCUT2D eigenvalue weighted by atomic mass is 10.1. The number of aliphatic carboxylic acids is 1. The minimum Gasteiger partial charge on any atom is -0.481 e. The van der Waals surface area contributed by atoms with Gasteiger partial charge in [0.2, 0.25) is 0 Å². The Morgan fingerprint density at radius 3 is 1.62 bits per heavy atom. The molecule has 0 fully saturated rings. The highest BCUT2D eigenvalue weighted by Gasteiger charge is 1.91. The summed E-state index contributed by atoms with van der Waals surface area (Å²) in [6.45, 7) is 2.26. The molecule has 0 aromatic rings. The average Bonchev–Trinajstić information content (AvgIpc) is 2.56. The Kier molecular flexibility index (Phi) is 18.7. The van der Waals surface area contributed by atoms with Crippen LogP contribution < -0.4 is 0 Å². The number of carbonyl (C=O) groups is 1. The molecule has 138 valence electrons. The van der Waals surface area contributed by atoms with Crippen molar-refractivity contribution in [3.8, 4) is 0 Å². The Hall–Kier alpha value is -1.31. The quantitative estimate of drug-likeness (QED) is 0.225. The molecule has 0 bridgehead atoms. The van der Waals surface area contributed by atoms with Gasteiger partial charge >= 0.3 is 5.97 Å². The van der Waals surface area contributed by atoms with Crippen molar-refractivity contribution in [3.63, 3.8) is 0 Å². The molecule has 0 rings (SSSR count). The Balaban J connectivity index is 3.23. The van der Waals surface area contributed by atoms with E-state index < -0.39 is 5.97 Å². The first-order valence-corrected chi connectivity index (χ1v) is 9.94. The Morgan fingerprint density at radius 1 is 0.667 bits per heavy atom. The van der Waals surface area contributed by atoms with Gasteiger partial charge in [0, 0.05) is 6.42 Å². The van der Waals surface area contributed by atoms with Crippen molar-refractivity contribution in [2.75, 3.05) is 0 Å². The third-order valence-electron chi connectivity index (χ3n) is 4.01. The van der Waals surface area contributed by atoms with Gasteiger partial charge in [0.05, 0.1) is 0 Å². The third-order valence-corrected chi connectivity index (χ3v) is 4.01. The van der Waals surface area contributed by atoms with Crippen molar-refractivity contribution < 1.29 is 9.90 Å². The van der Waals surface area contributed by atoms with Gasteiger partial charge in [0.25, 0.3) is 0 Å². The Bertz CT molecular complexity index is 353. The lowest BCUT2D eigenvalue weighted by Gasteiger charge is -1.97. The fourth-order valence-corrected chi connectivity index (χ4v) is 2.52. The Morgan fingerprint density at radius 2 is 1.12 bits per heavy atom. The Labute approximate surface area is 149 Å². The van der Waals surface area contributed by atoms with Crippen LogP contribution in [0, 0.1) is 0 Å². The average molecular weight is 335 g/mol. The monoisotopic (exact) mass is 334 g/mol. The van der Waals surface area contributed by atoms with Crippen LogP contribution in [-0.2, 0) is 4.79 Å². The zero-order valence-corrected chi connectivity index (χ0v) is 15.7. The van der Waals surface area contributed by atoms with E-state index in [1.54, 1.807) is 0 Å². The number of hydrogen-bond donors (Lipinski definition) is 1. The molecule has 2 nitrogen and oxygen atoms in total. The van der Waals surface area contributed by atoms with E-state index >= 15 is 0 Å². The molecule has 0 atom stereocenters. The smallest absolute Gasteiger partial charge is 0.303 e. The molecule has 24 heavy (non-hydrogen) atoms. The molecule has 0 spiro atoms. The zero-order valence-electron chi connectivity index (χ0n) is 15.7. The van der Waals surface area contributed by atoms with Gasteiger partial charge in [0.15, 0.2) is 0 Å². The maximum Gasteiger partial charge on any atom is 0.303 e. The van der Waals surface area contributed by atoms with E-state index in [0.29, 0.717) is 6.42 Å². The van der Waals surface area contributed by atoms with E-state index in [0.717, 1.165) is 12.8 Å². The molecule has 2 heteroatoms. The van der Waals surface area contributed by atoms with E-state index in [1.165, 1.54) is 64.2 Å². The molecule has 0 aliphatic carbocycles. The van der Waals surface area contributed by atoms with Crippen molar-refractivity contribution >= 4 is 5.97 Å². The molecule has 0 aromatic carbocycles. The second-order valence-electron chi connectivity index (χ2n) is 6.42. The molecule has 0 unspecified atom stereocenters. The van der Waals surface area contributed by atoms with E-state index in [2.05, 4.69) is 31.2 Å². The highest BCUT2D eigenvalue weighted by molar-refractivity contribution is 5.66. The van der Waals surface area contributed by atoms with Gasteiger partial charge in [-0.3, -0.25) is 4.79 Å². The van der Waals surface area contributed by atoms with E-state index in [9.17, 15) is 4.79 Å². The summed E-state index contributed by atoms with van der Waals surface area (Å²) in [4.78, 5) is 10.3. The first-order valence-electron chi connectivity index (χ1n) is 9.94. The number of hydrogen-bond acceptors (Lipinski definition) is 1. The summed E-state index contributed by atoms with van der Waals surface area (Å²) in [5.41, 5.74) is 0. The molecular weight excluding hydrogens is 296 g/mol. The molecule has 0 aliphatic heterocycles. The highest BCUT2D eigenvalue weighted by atomic mass is 16.4. The standard InChI is InChI=1S/C22H38O2/c1-2-3-4-5-6-7-8-9-10-11-12-13-14-15-16-17-18-19-20-21-22(23)24/h7-8,15-16,18-19H,2-6,9-14,17,20-21H2,1H3,(H,23,24)/b8-7+,16-15+,19-18+. The largest absolute Gasteiger partial charge is 0.481 e. The minimum atomic E-state index is -0.724. The fourth-order valence-electron chi connectivity index (χ4n) is 2.52. The molecule has 0 saturated heterocycles. The summed E-state index contributed by atoms with van der Waals surface area (Å²) in [5.74, 6) is -0.724. The topological polar surface area (TPSA) is 37.3 Å². The third kappa shape index (κ3) is 20.7. The number of carboxylic acids is 1. The van der Waals surface area contributed by atoms with Gasteiger partial charge in [-0.05, 0) is 51.4 Å². The van der Waals surface area contributed by atoms with Gasteiger partial charge in [0.1, 0.15) is 0 Å². The van der Waals surface area contributed by atoms with Gasteiger partial charge in [-0.25, -0.2) is 0 Å². The van der Waals surface area contributed by atoms with Crippen LogP contribution in [0.4, 0.5) is 0 Å². The number of rotatable bonds is 17. The second-order valence-corrected chi connectivity index (χ2v) is 6.42. The van der Waals surface area contributed by atoms with E-state index in [1.807, 2.05) is 12.2 Å². The lowest BCUT2D eigenvalue weighted by molar-refractivity contribution is -0.136.